The Morgan fingerprint density at radius 1 is 1.06 bits per heavy atom. The number of aromatic nitrogens is 2. The number of non-ortho nitro benzene ring substituents is 1. The summed E-state index contributed by atoms with van der Waals surface area (Å²) in [7, 11) is 0. The van der Waals surface area contributed by atoms with Gasteiger partial charge in [-0.25, -0.2) is 4.68 Å². The number of nitro benzene ring substituents is 3. The van der Waals surface area contributed by atoms with Gasteiger partial charge in [-0.1, -0.05) is 11.6 Å². The Labute approximate surface area is 188 Å². The normalized spacial score (nSPS) is 10.5. The lowest BCUT2D eigenvalue weighted by molar-refractivity contribution is -0.395. The molecule has 0 saturated heterocycles. The number of amides is 1. The molecule has 3 aromatic rings. The molecule has 170 valence electrons. The van der Waals surface area contributed by atoms with Gasteiger partial charge in [-0.05, 0) is 19.1 Å². The molecule has 1 N–H and O–H groups in total. The summed E-state index contributed by atoms with van der Waals surface area (Å²) >= 11 is 5.95. The van der Waals surface area contributed by atoms with Crippen LogP contribution in [0.15, 0.2) is 42.6 Å². The minimum absolute atomic E-state index is 0.0110. The van der Waals surface area contributed by atoms with Crippen molar-refractivity contribution in [3.05, 3.63) is 89.2 Å². The smallest absolute Gasteiger partial charge is 0.281 e. The van der Waals surface area contributed by atoms with Crippen LogP contribution in [0.25, 0.3) is 0 Å². The molecular formula is C18H13ClN6O8. The quantitative estimate of drug-likeness (QED) is 0.372. The molecule has 0 spiro atoms. The second kappa shape index (κ2) is 9.27. The van der Waals surface area contributed by atoms with Gasteiger partial charge in [-0.2, -0.15) is 5.10 Å². The van der Waals surface area contributed by atoms with Crippen molar-refractivity contribution in [1.29, 1.82) is 0 Å². The van der Waals surface area contributed by atoms with Gasteiger partial charge in [0.25, 0.3) is 23.0 Å². The number of carbonyl (C=O) groups excluding carboxylic acids is 1. The summed E-state index contributed by atoms with van der Waals surface area (Å²) in [5, 5.41) is 39.4. The number of halogens is 1. The number of ether oxygens (including phenoxy) is 1. The summed E-state index contributed by atoms with van der Waals surface area (Å²) in [6.07, 6.45) is 1.40. The number of hydrogen-bond acceptors (Lipinski definition) is 9. The van der Waals surface area contributed by atoms with E-state index in [9.17, 15) is 35.1 Å². The lowest BCUT2D eigenvalue weighted by atomic mass is 10.1. The summed E-state index contributed by atoms with van der Waals surface area (Å²) in [6.45, 7) is 1.05. The first-order valence-corrected chi connectivity index (χ1v) is 9.29. The van der Waals surface area contributed by atoms with Crippen LogP contribution in [0.2, 0.25) is 5.02 Å². The predicted molar refractivity (Wildman–Crippen MR) is 113 cm³/mol. The van der Waals surface area contributed by atoms with Gasteiger partial charge >= 0.3 is 0 Å². The van der Waals surface area contributed by atoms with Gasteiger partial charge in [0.1, 0.15) is 11.3 Å². The zero-order valence-electron chi connectivity index (χ0n) is 16.6. The van der Waals surface area contributed by atoms with Crippen molar-refractivity contribution in [2.75, 3.05) is 5.32 Å². The van der Waals surface area contributed by atoms with Crippen molar-refractivity contribution in [3.8, 4) is 5.75 Å². The number of nitrogens with zero attached hydrogens (tertiary/aromatic N) is 5. The maximum Gasteiger partial charge on any atom is 0.281 e. The SMILES string of the molecule is Cc1c([N+](=O)[O-])cc(NC(=O)c2ccn(COc3ccc([N+](=O)[O-])cc3Cl)n2)cc1[N+](=O)[O-]. The van der Waals surface area contributed by atoms with Crippen LogP contribution in [0.5, 0.6) is 5.75 Å². The van der Waals surface area contributed by atoms with Crippen molar-refractivity contribution >= 4 is 40.3 Å². The molecule has 0 unspecified atom stereocenters. The Hall–Kier alpha value is -4.59. The molecule has 0 radical (unpaired) electrons. The fraction of sp³-hybridized carbons (Fsp3) is 0.111. The van der Waals surface area contributed by atoms with Crippen molar-refractivity contribution < 1.29 is 24.3 Å². The maximum atomic E-state index is 12.5. The molecule has 0 aliphatic carbocycles. The highest BCUT2D eigenvalue weighted by Crippen LogP contribution is 2.32. The van der Waals surface area contributed by atoms with E-state index in [-0.39, 0.29) is 40.1 Å². The summed E-state index contributed by atoms with van der Waals surface area (Å²) < 4.78 is 6.66. The van der Waals surface area contributed by atoms with E-state index in [1.807, 2.05) is 0 Å². The zero-order valence-corrected chi connectivity index (χ0v) is 17.4. The molecule has 0 atom stereocenters. The van der Waals surface area contributed by atoms with Gasteiger partial charge in [0, 0.05) is 30.5 Å². The van der Waals surface area contributed by atoms with E-state index in [2.05, 4.69) is 10.4 Å². The standard InChI is InChI=1S/C18H13ClN6O8/c1-10-15(24(29)30)6-11(7-16(10)25(31)32)20-18(26)14-4-5-22(21-14)9-33-17-3-2-12(23(27)28)8-13(17)19/h2-8H,9H2,1H3,(H,20,26). The Bertz CT molecular complexity index is 1260. The fourth-order valence-electron chi connectivity index (χ4n) is 2.74. The lowest BCUT2D eigenvalue weighted by Gasteiger charge is -2.08. The maximum absolute atomic E-state index is 12.5. The van der Waals surface area contributed by atoms with Crippen LogP contribution in [0, 0.1) is 37.3 Å². The van der Waals surface area contributed by atoms with Crippen molar-refractivity contribution in [2.45, 2.75) is 13.7 Å². The molecule has 14 nitrogen and oxygen atoms in total. The summed E-state index contributed by atoms with van der Waals surface area (Å²) in [5.74, 6) is -0.613. The van der Waals surface area contributed by atoms with Gasteiger partial charge in [0.05, 0.1) is 25.5 Å². The Balaban J connectivity index is 1.72. The fourth-order valence-corrected chi connectivity index (χ4v) is 2.97. The van der Waals surface area contributed by atoms with Crippen LogP contribution >= 0.6 is 11.6 Å². The minimum Gasteiger partial charge on any atom is -0.470 e. The molecule has 0 fully saturated rings. The summed E-state index contributed by atoms with van der Waals surface area (Å²) in [6, 6.07) is 7.00. The molecule has 2 aromatic carbocycles. The molecule has 0 bridgehead atoms. The minimum atomic E-state index is -0.784. The number of nitro groups is 3. The first-order chi connectivity index (χ1) is 15.6. The van der Waals surface area contributed by atoms with Crippen LogP contribution in [-0.4, -0.2) is 30.5 Å². The third-order valence-corrected chi connectivity index (χ3v) is 4.65. The highest BCUT2D eigenvalue weighted by molar-refractivity contribution is 6.32. The predicted octanol–water partition coefficient (Wildman–Crippen LogP) is 3.86. The van der Waals surface area contributed by atoms with Crippen molar-refractivity contribution in [1.82, 2.24) is 9.78 Å². The molecule has 0 saturated carbocycles. The van der Waals surface area contributed by atoms with E-state index in [1.54, 1.807) is 0 Å². The number of rotatable bonds is 8. The average Bonchev–Trinajstić information content (AvgIpc) is 3.22. The number of carbonyl (C=O) groups is 1. The van der Waals surface area contributed by atoms with Gasteiger partial charge < -0.3 is 10.1 Å². The molecule has 33 heavy (non-hydrogen) atoms. The highest BCUT2D eigenvalue weighted by Gasteiger charge is 2.24. The van der Waals surface area contributed by atoms with Crippen LogP contribution in [0.3, 0.4) is 0 Å². The lowest BCUT2D eigenvalue weighted by Crippen LogP contribution is -2.15. The molecule has 1 aromatic heterocycles. The zero-order chi connectivity index (χ0) is 24.3. The van der Waals surface area contributed by atoms with Crippen LogP contribution < -0.4 is 10.1 Å². The van der Waals surface area contributed by atoms with Crippen molar-refractivity contribution in [3.63, 3.8) is 0 Å². The monoisotopic (exact) mass is 476 g/mol. The summed E-state index contributed by atoms with van der Waals surface area (Å²) in [5.41, 5.74) is -1.63. The molecular weight excluding hydrogens is 464 g/mol. The van der Waals surface area contributed by atoms with E-state index in [0.29, 0.717) is 0 Å². The van der Waals surface area contributed by atoms with Crippen LogP contribution in [0.4, 0.5) is 22.7 Å². The summed E-state index contributed by atoms with van der Waals surface area (Å²) in [4.78, 5) is 43.4. The Morgan fingerprint density at radius 3 is 2.24 bits per heavy atom. The number of nitrogens with one attached hydrogen (secondary N) is 1. The number of hydrogen-bond donors (Lipinski definition) is 1. The van der Waals surface area contributed by atoms with E-state index >= 15 is 0 Å². The topological polar surface area (TPSA) is 186 Å². The third-order valence-electron chi connectivity index (χ3n) is 4.36. The first kappa shape index (κ1) is 23.1. The molecule has 15 heteroatoms. The molecule has 0 aliphatic heterocycles. The Kier molecular flexibility index (Phi) is 6.48. The third kappa shape index (κ3) is 5.19. The second-order valence-corrected chi connectivity index (χ2v) is 6.90. The molecule has 1 heterocycles. The van der Waals surface area contributed by atoms with E-state index < -0.39 is 32.1 Å². The van der Waals surface area contributed by atoms with Gasteiger partial charge in [-0.15, -0.1) is 0 Å². The van der Waals surface area contributed by atoms with E-state index in [4.69, 9.17) is 16.3 Å². The molecule has 3 rings (SSSR count). The largest absolute Gasteiger partial charge is 0.470 e. The average molecular weight is 477 g/mol. The first-order valence-electron chi connectivity index (χ1n) is 8.91. The highest BCUT2D eigenvalue weighted by atomic mass is 35.5. The van der Waals surface area contributed by atoms with Gasteiger partial charge in [0.2, 0.25) is 0 Å². The van der Waals surface area contributed by atoms with Crippen LogP contribution in [0.1, 0.15) is 16.1 Å². The number of anilines is 1. The van der Waals surface area contributed by atoms with Gasteiger partial charge in [-0.3, -0.25) is 35.1 Å². The molecule has 0 aliphatic rings. The van der Waals surface area contributed by atoms with E-state index in [1.165, 1.54) is 36.0 Å². The Morgan fingerprint density at radius 2 is 1.70 bits per heavy atom. The number of benzene rings is 2. The second-order valence-electron chi connectivity index (χ2n) is 6.49. The van der Waals surface area contributed by atoms with Gasteiger partial charge in [0.15, 0.2) is 12.4 Å². The van der Waals surface area contributed by atoms with Crippen LogP contribution in [-0.2, 0) is 6.73 Å². The van der Waals surface area contributed by atoms with E-state index in [0.717, 1.165) is 18.2 Å². The van der Waals surface area contributed by atoms with Crippen molar-refractivity contribution in [2.24, 2.45) is 0 Å². The molecule has 1 amide bonds.